The highest BCUT2D eigenvalue weighted by molar-refractivity contribution is 5.38. The van der Waals surface area contributed by atoms with Gasteiger partial charge in [0.05, 0.1) is 0 Å². The molecule has 3 aliphatic rings. The summed E-state index contributed by atoms with van der Waals surface area (Å²) in [6.45, 7) is 8.98. The number of hydrogen-bond acceptors (Lipinski definition) is 4. The Morgan fingerprint density at radius 2 is 1.64 bits per heavy atom. The Kier molecular flexibility index (Phi) is 5.28. The Morgan fingerprint density at radius 1 is 0.960 bits per heavy atom. The fourth-order valence-electron chi connectivity index (χ4n) is 5.07. The first kappa shape index (κ1) is 17.3. The molecule has 0 aromatic carbocycles. The van der Waals surface area contributed by atoms with E-state index in [1.807, 2.05) is 12.3 Å². The lowest BCUT2D eigenvalue weighted by Gasteiger charge is -2.48. The molecule has 4 heteroatoms. The lowest BCUT2D eigenvalue weighted by Crippen LogP contribution is -2.48. The second-order valence-electron chi connectivity index (χ2n) is 8.72. The van der Waals surface area contributed by atoms with E-state index in [-0.39, 0.29) is 0 Å². The molecule has 0 radical (unpaired) electrons. The molecule has 1 aromatic heterocycles. The van der Waals surface area contributed by atoms with Crippen LogP contribution >= 0.6 is 0 Å². The molecule has 0 saturated carbocycles. The lowest BCUT2D eigenvalue weighted by atomic mass is 9.71. The normalized spacial score (nSPS) is 26.2. The van der Waals surface area contributed by atoms with E-state index in [9.17, 15) is 0 Å². The van der Waals surface area contributed by atoms with Crippen LogP contribution in [0.2, 0.25) is 0 Å². The zero-order valence-electron chi connectivity index (χ0n) is 15.9. The highest BCUT2D eigenvalue weighted by Gasteiger charge is 2.38. The van der Waals surface area contributed by atoms with Crippen LogP contribution in [0, 0.1) is 11.3 Å². The zero-order valence-corrected chi connectivity index (χ0v) is 15.9. The molecule has 138 valence electrons. The second kappa shape index (κ2) is 7.63. The molecule has 1 aromatic rings. The summed E-state index contributed by atoms with van der Waals surface area (Å²) < 4.78 is 0. The molecule has 4 rings (SSSR count). The van der Waals surface area contributed by atoms with Crippen molar-refractivity contribution >= 4 is 5.82 Å². The van der Waals surface area contributed by atoms with Gasteiger partial charge in [-0.15, -0.1) is 0 Å². The fraction of sp³-hybridized carbons (Fsp3) is 0.762. The lowest BCUT2D eigenvalue weighted by molar-refractivity contribution is 0.0619. The molecule has 4 heterocycles. The average molecular weight is 343 g/mol. The van der Waals surface area contributed by atoms with Gasteiger partial charge in [-0.1, -0.05) is 6.07 Å². The van der Waals surface area contributed by atoms with Gasteiger partial charge in [-0.2, -0.15) is 0 Å². The maximum atomic E-state index is 4.53. The number of piperidine rings is 3. The van der Waals surface area contributed by atoms with E-state index in [0.717, 1.165) is 11.7 Å². The Hall–Kier alpha value is -1.13. The maximum absolute atomic E-state index is 4.53. The van der Waals surface area contributed by atoms with Crippen LogP contribution in [0.15, 0.2) is 24.4 Å². The monoisotopic (exact) mass is 342 g/mol. The van der Waals surface area contributed by atoms with Crippen LogP contribution in [-0.2, 0) is 0 Å². The van der Waals surface area contributed by atoms with Crippen molar-refractivity contribution in [2.24, 2.45) is 11.3 Å². The van der Waals surface area contributed by atoms with Crippen LogP contribution in [0.25, 0.3) is 0 Å². The highest BCUT2D eigenvalue weighted by Crippen LogP contribution is 2.42. The van der Waals surface area contributed by atoms with Crippen molar-refractivity contribution in [2.75, 3.05) is 57.8 Å². The van der Waals surface area contributed by atoms with Gasteiger partial charge in [0.1, 0.15) is 5.82 Å². The molecular formula is C21H34N4. The minimum absolute atomic E-state index is 0.620. The number of hydrogen-bond donors (Lipinski definition) is 0. The summed E-state index contributed by atoms with van der Waals surface area (Å²) in [7, 11) is 2.26. The molecule has 3 aliphatic heterocycles. The Morgan fingerprint density at radius 3 is 2.28 bits per heavy atom. The van der Waals surface area contributed by atoms with Gasteiger partial charge < -0.3 is 14.7 Å². The molecule has 0 atom stereocenters. The van der Waals surface area contributed by atoms with Crippen molar-refractivity contribution in [3.63, 3.8) is 0 Å². The number of anilines is 1. The molecule has 0 bridgehead atoms. The predicted octanol–water partition coefficient (Wildman–Crippen LogP) is 3.11. The van der Waals surface area contributed by atoms with Crippen molar-refractivity contribution in [3.8, 4) is 0 Å². The molecule has 4 nitrogen and oxygen atoms in total. The molecule has 1 spiro atoms. The summed E-state index contributed by atoms with van der Waals surface area (Å²) in [5.41, 5.74) is 0.620. The minimum Gasteiger partial charge on any atom is -0.357 e. The van der Waals surface area contributed by atoms with Crippen LogP contribution in [0.1, 0.15) is 38.5 Å². The summed E-state index contributed by atoms with van der Waals surface area (Å²) in [5, 5.41) is 0. The number of pyridine rings is 1. The number of likely N-dealkylation sites (tertiary alicyclic amines) is 2. The third-order valence-corrected chi connectivity index (χ3v) is 7.07. The zero-order chi connectivity index (χ0) is 17.1. The van der Waals surface area contributed by atoms with E-state index >= 15 is 0 Å². The first-order valence-corrected chi connectivity index (χ1v) is 10.3. The SMILES string of the molecule is CN1CCC(CN2CCC3(CC2)CCN(c2ccccn2)CC3)CC1. The first-order chi connectivity index (χ1) is 12.2. The number of nitrogens with zero attached hydrogens (tertiary/aromatic N) is 4. The molecule has 3 saturated heterocycles. The van der Waals surface area contributed by atoms with Gasteiger partial charge >= 0.3 is 0 Å². The van der Waals surface area contributed by atoms with Gasteiger partial charge in [-0.25, -0.2) is 4.98 Å². The largest absolute Gasteiger partial charge is 0.357 e. The topological polar surface area (TPSA) is 22.6 Å². The Bertz CT molecular complexity index is 520. The standard InChI is InChI=1S/C21H34N4/c1-23-12-5-19(6-13-23)18-24-14-7-21(8-15-24)9-16-25(17-10-21)20-4-2-3-11-22-20/h2-4,11,19H,5-10,12-18H2,1H3. The predicted molar refractivity (Wildman–Crippen MR) is 104 cm³/mol. The first-order valence-electron chi connectivity index (χ1n) is 10.3. The molecule has 0 aliphatic carbocycles. The van der Waals surface area contributed by atoms with Crippen LogP contribution in [0.4, 0.5) is 5.82 Å². The smallest absolute Gasteiger partial charge is 0.128 e. The third kappa shape index (κ3) is 4.17. The van der Waals surface area contributed by atoms with E-state index in [1.54, 1.807) is 0 Å². The molecule has 25 heavy (non-hydrogen) atoms. The second-order valence-corrected chi connectivity index (χ2v) is 8.72. The molecule has 0 amide bonds. The van der Waals surface area contributed by atoms with E-state index in [1.165, 1.54) is 84.3 Å². The Balaban J connectivity index is 1.24. The van der Waals surface area contributed by atoms with E-state index in [0.29, 0.717) is 5.41 Å². The van der Waals surface area contributed by atoms with Crippen molar-refractivity contribution in [3.05, 3.63) is 24.4 Å². The van der Waals surface area contributed by atoms with Crippen LogP contribution in [0.5, 0.6) is 0 Å². The van der Waals surface area contributed by atoms with Gasteiger partial charge in [-0.3, -0.25) is 0 Å². The number of rotatable bonds is 3. The van der Waals surface area contributed by atoms with Crippen LogP contribution in [-0.4, -0.2) is 67.6 Å². The third-order valence-electron chi connectivity index (χ3n) is 7.07. The summed E-state index contributed by atoms with van der Waals surface area (Å²) >= 11 is 0. The summed E-state index contributed by atoms with van der Waals surface area (Å²) in [6.07, 6.45) is 10.2. The van der Waals surface area contributed by atoms with Crippen LogP contribution in [0.3, 0.4) is 0 Å². The molecular weight excluding hydrogens is 308 g/mol. The van der Waals surface area contributed by atoms with Crippen molar-refractivity contribution in [2.45, 2.75) is 38.5 Å². The maximum Gasteiger partial charge on any atom is 0.128 e. The quantitative estimate of drug-likeness (QED) is 0.842. The fourth-order valence-corrected chi connectivity index (χ4v) is 5.07. The van der Waals surface area contributed by atoms with Crippen molar-refractivity contribution in [1.82, 2.24) is 14.8 Å². The van der Waals surface area contributed by atoms with Crippen molar-refractivity contribution < 1.29 is 0 Å². The van der Waals surface area contributed by atoms with Gasteiger partial charge in [-0.05, 0) is 95.2 Å². The molecule has 3 fully saturated rings. The molecule has 0 unspecified atom stereocenters. The van der Waals surface area contributed by atoms with Gasteiger partial charge in [0.15, 0.2) is 0 Å². The van der Waals surface area contributed by atoms with Gasteiger partial charge in [0.2, 0.25) is 0 Å². The van der Waals surface area contributed by atoms with Gasteiger partial charge in [0.25, 0.3) is 0 Å². The average Bonchev–Trinajstić information content (AvgIpc) is 2.67. The van der Waals surface area contributed by atoms with Crippen molar-refractivity contribution in [1.29, 1.82) is 0 Å². The molecule has 0 N–H and O–H groups in total. The van der Waals surface area contributed by atoms with Gasteiger partial charge in [0, 0.05) is 25.8 Å². The summed E-state index contributed by atoms with van der Waals surface area (Å²) in [4.78, 5) is 12.3. The van der Waals surface area contributed by atoms with E-state index < -0.39 is 0 Å². The summed E-state index contributed by atoms with van der Waals surface area (Å²) in [5.74, 6) is 2.10. The minimum atomic E-state index is 0.620. The van der Waals surface area contributed by atoms with E-state index in [4.69, 9.17) is 0 Å². The highest BCUT2D eigenvalue weighted by atomic mass is 15.2. The Labute approximate surface area is 153 Å². The van der Waals surface area contributed by atoms with E-state index in [2.05, 4.69) is 38.9 Å². The summed E-state index contributed by atoms with van der Waals surface area (Å²) in [6, 6.07) is 6.27. The van der Waals surface area contributed by atoms with Crippen LogP contribution < -0.4 is 4.90 Å². The number of aromatic nitrogens is 1.